The topological polar surface area (TPSA) is 84.5 Å². The van der Waals surface area contributed by atoms with Crippen LogP contribution in [-0.4, -0.2) is 40.6 Å². The molecular formula is C14H22N2O4S. The summed E-state index contributed by atoms with van der Waals surface area (Å²) in [6.07, 6.45) is 0.0825. The Kier molecular flexibility index (Phi) is 6.80. The standard InChI is InChI=1S/C14H22N2O4S/c1-11-4-6-13(7-5-11)21(18,19)15-9-8-14(17)16-12(2)10-20-3/h4-7,12,15H,8-10H2,1-3H3,(H,16,17). The molecule has 0 aliphatic heterocycles. The number of aryl methyl sites for hydroxylation is 1. The number of amides is 1. The van der Waals surface area contributed by atoms with Gasteiger partial charge in [0.15, 0.2) is 0 Å². The molecule has 0 radical (unpaired) electrons. The summed E-state index contributed by atoms with van der Waals surface area (Å²) in [5.74, 6) is -0.217. The van der Waals surface area contributed by atoms with Crippen LogP contribution in [0.15, 0.2) is 29.2 Å². The number of hydrogen-bond acceptors (Lipinski definition) is 4. The van der Waals surface area contributed by atoms with Crippen LogP contribution in [0.1, 0.15) is 18.9 Å². The van der Waals surface area contributed by atoms with E-state index in [9.17, 15) is 13.2 Å². The highest BCUT2D eigenvalue weighted by atomic mass is 32.2. The lowest BCUT2D eigenvalue weighted by atomic mass is 10.2. The van der Waals surface area contributed by atoms with Gasteiger partial charge in [-0.05, 0) is 26.0 Å². The highest BCUT2D eigenvalue weighted by Crippen LogP contribution is 2.09. The maximum absolute atomic E-state index is 12.0. The van der Waals surface area contributed by atoms with Gasteiger partial charge in [0.05, 0.1) is 11.5 Å². The monoisotopic (exact) mass is 314 g/mol. The molecular weight excluding hydrogens is 292 g/mol. The molecule has 0 fully saturated rings. The first-order valence-electron chi connectivity index (χ1n) is 6.70. The lowest BCUT2D eigenvalue weighted by Crippen LogP contribution is -2.37. The fraction of sp³-hybridized carbons (Fsp3) is 0.500. The van der Waals surface area contributed by atoms with E-state index in [1.54, 1.807) is 31.4 Å². The first kappa shape index (κ1) is 17.6. The molecule has 0 saturated carbocycles. The van der Waals surface area contributed by atoms with E-state index in [0.29, 0.717) is 6.61 Å². The number of hydrogen-bond donors (Lipinski definition) is 2. The Morgan fingerprint density at radius 2 is 1.90 bits per heavy atom. The van der Waals surface area contributed by atoms with E-state index >= 15 is 0 Å². The second-order valence-electron chi connectivity index (χ2n) is 4.88. The summed E-state index contributed by atoms with van der Waals surface area (Å²) in [4.78, 5) is 11.8. The average molecular weight is 314 g/mol. The number of rotatable bonds is 8. The number of nitrogens with one attached hydrogen (secondary N) is 2. The number of ether oxygens (including phenoxy) is 1. The van der Waals surface area contributed by atoms with Crippen molar-refractivity contribution in [3.8, 4) is 0 Å². The highest BCUT2D eigenvalue weighted by molar-refractivity contribution is 7.89. The number of carbonyl (C=O) groups is 1. The number of sulfonamides is 1. The Balaban J connectivity index is 2.44. The van der Waals surface area contributed by atoms with E-state index in [4.69, 9.17) is 4.74 Å². The predicted molar refractivity (Wildman–Crippen MR) is 80.5 cm³/mol. The molecule has 0 heterocycles. The average Bonchev–Trinajstić information content (AvgIpc) is 2.39. The zero-order valence-electron chi connectivity index (χ0n) is 12.5. The number of carbonyl (C=O) groups excluding carboxylic acids is 1. The Morgan fingerprint density at radius 3 is 2.48 bits per heavy atom. The molecule has 7 heteroatoms. The van der Waals surface area contributed by atoms with Crippen LogP contribution >= 0.6 is 0 Å². The minimum Gasteiger partial charge on any atom is -0.383 e. The van der Waals surface area contributed by atoms with Crippen molar-refractivity contribution in [1.82, 2.24) is 10.0 Å². The van der Waals surface area contributed by atoms with Crippen molar-refractivity contribution in [1.29, 1.82) is 0 Å². The first-order valence-corrected chi connectivity index (χ1v) is 8.18. The molecule has 1 aromatic carbocycles. The lowest BCUT2D eigenvalue weighted by molar-refractivity contribution is -0.121. The van der Waals surface area contributed by atoms with E-state index in [2.05, 4.69) is 10.0 Å². The fourth-order valence-electron chi connectivity index (χ4n) is 1.74. The third-order valence-electron chi connectivity index (χ3n) is 2.80. The van der Waals surface area contributed by atoms with E-state index in [1.165, 1.54) is 0 Å². The maximum Gasteiger partial charge on any atom is 0.240 e. The third-order valence-corrected chi connectivity index (χ3v) is 4.28. The molecule has 2 N–H and O–H groups in total. The number of methoxy groups -OCH3 is 1. The summed E-state index contributed by atoms with van der Waals surface area (Å²) < 4.78 is 31.3. The normalized spacial score (nSPS) is 12.9. The van der Waals surface area contributed by atoms with E-state index in [-0.39, 0.29) is 29.8 Å². The summed E-state index contributed by atoms with van der Waals surface area (Å²) in [5.41, 5.74) is 0.987. The van der Waals surface area contributed by atoms with Gasteiger partial charge in [-0.15, -0.1) is 0 Å². The molecule has 0 aliphatic rings. The number of benzene rings is 1. The van der Waals surface area contributed by atoms with Crippen LogP contribution in [0, 0.1) is 6.92 Å². The summed E-state index contributed by atoms with van der Waals surface area (Å²) in [5, 5.41) is 2.72. The van der Waals surface area contributed by atoms with Gasteiger partial charge in [0, 0.05) is 26.1 Å². The molecule has 0 saturated heterocycles. The van der Waals surface area contributed by atoms with Crippen LogP contribution in [0.2, 0.25) is 0 Å². The first-order chi connectivity index (χ1) is 9.85. The highest BCUT2D eigenvalue weighted by Gasteiger charge is 2.14. The zero-order valence-corrected chi connectivity index (χ0v) is 13.4. The van der Waals surface area contributed by atoms with Gasteiger partial charge in [-0.25, -0.2) is 13.1 Å². The molecule has 1 amide bonds. The van der Waals surface area contributed by atoms with Crippen molar-refractivity contribution in [3.05, 3.63) is 29.8 Å². The van der Waals surface area contributed by atoms with Crippen LogP contribution < -0.4 is 10.0 Å². The van der Waals surface area contributed by atoms with Crippen LogP contribution in [0.5, 0.6) is 0 Å². The predicted octanol–water partition coefficient (Wildman–Crippen LogP) is 0.815. The van der Waals surface area contributed by atoms with Gasteiger partial charge in [0.1, 0.15) is 0 Å². The lowest BCUT2D eigenvalue weighted by Gasteiger charge is -2.13. The van der Waals surface area contributed by atoms with Crippen LogP contribution in [0.3, 0.4) is 0 Å². The minimum atomic E-state index is -3.57. The van der Waals surface area contributed by atoms with Gasteiger partial charge in [0.2, 0.25) is 15.9 Å². The van der Waals surface area contributed by atoms with Gasteiger partial charge in [0.25, 0.3) is 0 Å². The molecule has 6 nitrogen and oxygen atoms in total. The molecule has 0 spiro atoms. The van der Waals surface area contributed by atoms with E-state index in [1.807, 2.05) is 13.8 Å². The van der Waals surface area contributed by atoms with Crippen LogP contribution in [0.4, 0.5) is 0 Å². The Bertz CT molecular complexity index is 555. The summed E-state index contributed by atoms with van der Waals surface area (Å²) >= 11 is 0. The molecule has 0 aliphatic carbocycles. The molecule has 1 rings (SSSR count). The summed E-state index contributed by atoms with van der Waals surface area (Å²) in [7, 11) is -2.01. The molecule has 21 heavy (non-hydrogen) atoms. The molecule has 1 aromatic rings. The molecule has 0 bridgehead atoms. The fourth-order valence-corrected chi connectivity index (χ4v) is 2.77. The van der Waals surface area contributed by atoms with Gasteiger partial charge in [-0.2, -0.15) is 0 Å². The largest absolute Gasteiger partial charge is 0.383 e. The van der Waals surface area contributed by atoms with Gasteiger partial charge >= 0.3 is 0 Å². The Hall–Kier alpha value is -1.44. The Morgan fingerprint density at radius 1 is 1.29 bits per heavy atom. The maximum atomic E-state index is 12.0. The summed E-state index contributed by atoms with van der Waals surface area (Å²) in [6, 6.07) is 6.44. The quantitative estimate of drug-likeness (QED) is 0.744. The van der Waals surface area contributed by atoms with Gasteiger partial charge in [-0.3, -0.25) is 4.79 Å². The smallest absolute Gasteiger partial charge is 0.240 e. The van der Waals surface area contributed by atoms with Gasteiger partial charge < -0.3 is 10.1 Å². The second kappa shape index (κ2) is 8.11. The SMILES string of the molecule is COCC(C)NC(=O)CCNS(=O)(=O)c1ccc(C)cc1. The zero-order chi connectivity index (χ0) is 15.9. The van der Waals surface area contributed by atoms with E-state index < -0.39 is 10.0 Å². The second-order valence-corrected chi connectivity index (χ2v) is 6.65. The van der Waals surface area contributed by atoms with Crippen molar-refractivity contribution in [3.63, 3.8) is 0 Å². The van der Waals surface area contributed by atoms with Gasteiger partial charge in [-0.1, -0.05) is 17.7 Å². The molecule has 0 aromatic heterocycles. The molecule has 118 valence electrons. The van der Waals surface area contributed by atoms with Crippen molar-refractivity contribution < 1.29 is 17.9 Å². The minimum absolute atomic E-state index is 0.0573. The van der Waals surface area contributed by atoms with Crippen molar-refractivity contribution in [2.75, 3.05) is 20.3 Å². The summed E-state index contributed by atoms with van der Waals surface area (Å²) in [6.45, 7) is 4.18. The van der Waals surface area contributed by atoms with Crippen molar-refractivity contribution in [2.24, 2.45) is 0 Å². The van der Waals surface area contributed by atoms with Crippen LogP contribution in [0.25, 0.3) is 0 Å². The molecule has 1 atom stereocenters. The van der Waals surface area contributed by atoms with Crippen LogP contribution in [-0.2, 0) is 19.6 Å². The van der Waals surface area contributed by atoms with Crippen molar-refractivity contribution in [2.45, 2.75) is 31.2 Å². The third kappa shape index (κ3) is 6.24. The van der Waals surface area contributed by atoms with Crippen molar-refractivity contribution >= 4 is 15.9 Å². The Labute approximate surface area is 125 Å². The molecule has 1 unspecified atom stereocenters. The van der Waals surface area contributed by atoms with E-state index in [0.717, 1.165) is 5.56 Å².